The fourth-order valence-electron chi connectivity index (χ4n) is 3.58. The highest BCUT2D eigenvalue weighted by Crippen LogP contribution is 2.24. The number of amides is 1. The number of carbonyl (C=O) groups excluding carboxylic acids is 1. The first-order chi connectivity index (χ1) is 14.5. The van der Waals surface area contributed by atoms with Gasteiger partial charge in [-0.3, -0.25) is 9.59 Å². The summed E-state index contributed by atoms with van der Waals surface area (Å²) in [5.74, 6) is 0.858. The molecular formula is C22H22FN5O2. The number of piperidine rings is 1. The Morgan fingerprint density at radius 1 is 1.17 bits per heavy atom. The van der Waals surface area contributed by atoms with E-state index in [0.29, 0.717) is 43.1 Å². The molecule has 3 aromatic rings. The smallest absolute Gasteiger partial charge is 0.251 e. The maximum Gasteiger partial charge on any atom is 0.251 e. The van der Waals surface area contributed by atoms with Crippen LogP contribution in [0.1, 0.15) is 18.5 Å². The van der Waals surface area contributed by atoms with Gasteiger partial charge in [-0.15, -0.1) is 0 Å². The van der Waals surface area contributed by atoms with Gasteiger partial charge in [-0.2, -0.15) is 0 Å². The third-order valence-corrected chi connectivity index (χ3v) is 5.19. The van der Waals surface area contributed by atoms with Gasteiger partial charge in [0.2, 0.25) is 5.91 Å². The first-order valence-corrected chi connectivity index (χ1v) is 9.84. The highest BCUT2D eigenvalue weighted by Gasteiger charge is 2.25. The molecular weight excluding hydrogens is 385 g/mol. The molecule has 1 aliphatic rings. The molecule has 1 aliphatic heterocycles. The van der Waals surface area contributed by atoms with Crippen molar-refractivity contribution in [3.05, 3.63) is 70.5 Å². The molecule has 3 heterocycles. The molecule has 2 aromatic heterocycles. The van der Waals surface area contributed by atoms with Crippen molar-refractivity contribution >= 4 is 17.4 Å². The van der Waals surface area contributed by atoms with Crippen molar-refractivity contribution < 1.29 is 9.18 Å². The second-order valence-electron chi connectivity index (χ2n) is 7.40. The zero-order valence-electron chi connectivity index (χ0n) is 16.6. The molecule has 0 spiro atoms. The highest BCUT2D eigenvalue weighted by atomic mass is 19.1. The fourth-order valence-corrected chi connectivity index (χ4v) is 3.58. The van der Waals surface area contributed by atoms with E-state index >= 15 is 0 Å². The third-order valence-electron chi connectivity index (χ3n) is 5.19. The summed E-state index contributed by atoms with van der Waals surface area (Å²) in [6, 6.07) is 11.0. The van der Waals surface area contributed by atoms with Gasteiger partial charge < -0.3 is 15.2 Å². The lowest BCUT2D eigenvalue weighted by Gasteiger charge is -2.32. The second kappa shape index (κ2) is 8.44. The number of pyridine rings is 1. The van der Waals surface area contributed by atoms with Crippen LogP contribution in [0.2, 0.25) is 0 Å². The lowest BCUT2D eigenvalue weighted by atomic mass is 9.95. The second-order valence-corrected chi connectivity index (χ2v) is 7.40. The van der Waals surface area contributed by atoms with Crippen molar-refractivity contribution in [3.8, 4) is 11.4 Å². The molecule has 1 fully saturated rings. The van der Waals surface area contributed by atoms with Crippen molar-refractivity contribution in [2.45, 2.75) is 19.8 Å². The van der Waals surface area contributed by atoms with Crippen LogP contribution in [0.25, 0.3) is 11.4 Å². The van der Waals surface area contributed by atoms with E-state index in [1.807, 2.05) is 12.1 Å². The maximum atomic E-state index is 13.0. The molecule has 1 aromatic carbocycles. The van der Waals surface area contributed by atoms with Gasteiger partial charge in [0, 0.05) is 48.2 Å². The number of anilines is 2. The minimum absolute atomic E-state index is 0.0426. The van der Waals surface area contributed by atoms with Crippen LogP contribution in [0.15, 0.2) is 53.5 Å². The van der Waals surface area contributed by atoms with Crippen LogP contribution in [0.4, 0.5) is 15.9 Å². The Bertz CT molecular complexity index is 1090. The summed E-state index contributed by atoms with van der Waals surface area (Å²) < 4.78 is 13.0. The van der Waals surface area contributed by atoms with Gasteiger partial charge in [0.15, 0.2) is 0 Å². The van der Waals surface area contributed by atoms with Crippen LogP contribution < -0.4 is 15.8 Å². The summed E-state index contributed by atoms with van der Waals surface area (Å²) in [5.41, 5.74) is 1.80. The molecule has 2 N–H and O–H groups in total. The van der Waals surface area contributed by atoms with Crippen LogP contribution in [0.5, 0.6) is 0 Å². The number of benzene rings is 1. The van der Waals surface area contributed by atoms with E-state index in [4.69, 9.17) is 0 Å². The Kier molecular flexibility index (Phi) is 5.56. The van der Waals surface area contributed by atoms with Crippen molar-refractivity contribution in [3.63, 3.8) is 0 Å². The maximum absolute atomic E-state index is 13.0. The number of rotatable bonds is 4. The van der Waals surface area contributed by atoms with Crippen LogP contribution in [-0.2, 0) is 4.79 Å². The van der Waals surface area contributed by atoms with Gasteiger partial charge in [-0.05, 0) is 56.2 Å². The number of aromatic amines is 1. The van der Waals surface area contributed by atoms with Crippen molar-refractivity contribution in [1.29, 1.82) is 0 Å². The van der Waals surface area contributed by atoms with Gasteiger partial charge in [-0.25, -0.2) is 14.4 Å². The van der Waals surface area contributed by atoms with Crippen LogP contribution >= 0.6 is 0 Å². The fraction of sp³-hybridized carbons (Fsp3) is 0.273. The molecule has 0 bridgehead atoms. The zero-order valence-corrected chi connectivity index (χ0v) is 16.6. The summed E-state index contributed by atoms with van der Waals surface area (Å²) in [4.78, 5) is 37.8. The van der Waals surface area contributed by atoms with Gasteiger partial charge in [0.25, 0.3) is 5.56 Å². The molecule has 154 valence electrons. The topological polar surface area (TPSA) is 91.0 Å². The number of aryl methyl sites for hydroxylation is 1. The Labute approximate surface area is 173 Å². The predicted molar refractivity (Wildman–Crippen MR) is 113 cm³/mol. The molecule has 0 atom stereocenters. The lowest BCUT2D eigenvalue weighted by molar-refractivity contribution is -0.120. The molecule has 1 saturated heterocycles. The lowest BCUT2D eigenvalue weighted by Crippen LogP contribution is -2.38. The molecule has 4 rings (SSSR count). The molecule has 0 saturated carbocycles. The summed E-state index contributed by atoms with van der Waals surface area (Å²) in [6.07, 6.45) is 3.12. The number of halogens is 1. The Hall–Kier alpha value is -3.55. The molecule has 7 nitrogen and oxygen atoms in total. The minimum atomic E-state index is -0.329. The van der Waals surface area contributed by atoms with Gasteiger partial charge in [-0.1, -0.05) is 0 Å². The van der Waals surface area contributed by atoms with Gasteiger partial charge >= 0.3 is 0 Å². The molecule has 0 radical (unpaired) electrons. The van der Waals surface area contributed by atoms with E-state index in [2.05, 4.69) is 25.2 Å². The van der Waals surface area contributed by atoms with E-state index in [9.17, 15) is 14.0 Å². The quantitative estimate of drug-likeness (QED) is 0.693. The van der Waals surface area contributed by atoms with E-state index in [0.717, 1.165) is 11.4 Å². The Balaban J connectivity index is 1.36. The monoisotopic (exact) mass is 407 g/mol. The minimum Gasteiger partial charge on any atom is -0.357 e. The highest BCUT2D eigenvalue weighted by molar-refractivity contribution is 5.92. The van der Waals surface area contributed by atoms with Crippen molar-refractivity contribution in [1.82, 2.24) is 15.0 Å². The summed E-state index contributed by atoms with van der Waals surface area (Å²) in [7, 11) is 0. The van der Waals surface area contributed by atoms with Crippen molar-refractivity contribution in [2.75, 3.05) is 23.3 Å². The number of aromatic nitrogens is 3. The Morgan fingerprint density at radius 3 is 2.53 bits per heavy atom. The average molecular weight is 407 g/mol. The summed E-state index contributed by atoms with van der Waals surface area (Å²) in [6.45, 7) is 3.21. The first-order valence-electron chi connectivity index (χ1n) is 9.84. The molecule has 1 amide bonds. The third kappa shape index (κ3) is 4.53. The average Bonchev–Trinajstić information content (AvgIpc) is 2.75. The van der Waals surface area contributed by atoms with Crippen LogP contribution in [0.3, 0.4) is 0 Å². The van der Waals surface area contributed by atoms with Crippen molar-refractivity contribution in [2.24, 2.45) is 5.92 Å². The van der Waals surface area contributed by atoms with Gasteiger partial charge in [0.1, 0.15) is 17.5 Å². The standard InChI is InChI=1S/C22H22FN5O2/c1-14-12-20(29)27-21(25-14)16-2-7-19(24-13-16)28-10-8-15(9-11-28)22(30)26-18-5-3-17(23)4-6-18/h2-7,12-13,15H,8-11H2,1H3,(H,26,30)(H,25,27,29). The number of hydrogen-bond acceptors (Lipinski definition) is 5. The van der Waals surface area contributed by atoms with Crippen LogP contribution in [0, 0.1) is 18.7 Å². The molecule has 8 heteroatoms. The van der Waals surface area contributed by atoms with E-state index in [-0.39, 0.29) is 23.2 Å². The zero-order chi connectivity index (χ0) is 21.1. The number of H-pyrrole nitrogens is 1. The van der Waals surface area contributed by atoms with E-state index in [1.54, 1.807) is 25.3 Å². The van der Waals surface area contributed by atoms with E-state index in [1.165, 1.54) is 18.2 Å². The first kappa shape index (κ1) is 19.8. The predicted octanol–water partition coefficient (Wildman–Crippen LogP) is 3.13. The summed E-state index contributed by atoms with van der Waals surface area (Å²) >= 11 is 0. The number of hydrogen-bond donors (Lipinski definition) is 2. The largest absolute Gasteiger partial charge is 0.357 e. The van der Waals surface area contributed by atoms with E-state index < -0.39 is 0 Å². The SMILES string of the molecule is Cc1cc(=O)[nH]c(-c2ccc(N3CCC(C(=O)Nc4ccc(F)cc4)CC3)nc2)n1. The normalized spacial score (nSPS) is 14.5. The number of nitrogens with zero attached hydrogens (tertiary/aromatic N) is 3. The summed E-state index contributed by atoms with van der Waals surface area (Å²) in [5, 5.41) is 2.85. The molecule has 0 aliphatic carbocycles. The number of carbonyl (C=O) groups is 1. The Morgan fingerprint density at radius 2 is 1.90 bits per heavy atom. The van der Waals surface area contributed by atoms with Gasteiger partial charge in [0.05, 0.1) is 0 Å². The number of nitrogens with one attached hydrogen (secondary N) is 2. The molecule has 30 heavy (non-hydrogen) atoms. The van der Waals surface area contributed by atoms with Crippen LogP contribution in [-0.4, -0.2) is 33.9 Å². The molecule has 0 unspecified atom stereocenters.